The second kappa shape index (κ2) is 10.7. The second-order valence-corrected chi connectivity index (χ2v) is 10.9. The van der Waals surface area contributed by atoms with Gasteiger partial charge in [0.15, 0.2) is 33.1 Å². The van der Waals surface area contributed by atoms with Crippen LogP contribution in [0.25, 0.3) is 17.2 Å². The number of aromatic nitrogens is 6. The molecule has 3 heterocycles. The molecule has 0 unspecified atom stereocenters. The maximum Gasteiger partial charge on any atom is 0.187 e. The summed E-state index contributed by atoms with van der Waals surface area (Å²) in [5.41, 5.74) is 2.93. The first kappa shape index (κ1) is 26.3. The van der Waals surface area contributed by atoms with Crippen molar-refractivity contribution in [2.24, 2.45) is 0 Å². The second-order valence-electron chi connectivity index (χ2n) is 8.55. The van der Waals surface area contributed by atoms with E-state index in [2.05, 4.69) is 25.1 Å². The number of benzene rings is 1. The van der Waals surface area contributed by atoms with Crippen LogP contribution in [0, 0.1) is 19.7 Å². The zero-order chi connectivity index (χ0) is 26.7. The lowest BCUT2D eigenvalue weighted by Crippen LogP contribution is -2.30. The van der Waals surface area contributed by atoms with Gasteiger partial charge >= 0.3 is 0 Å². The Balaban J connectivity index is 1.82. The molecule has 0 aliphatic heterocycles. The number of sulfone groups is 1. The van der Waals surface area contributed by atoms with Crippen molar-refractivity contribution in [2.75, 3.05) is 14.2 Å². The minimum absolute atomic E-state index is 0.0617. The zero-order valence-electron chi connectivity index (χ0n) is 21.1. The highest BCUT2D eigenvalue weighted by molar-refractivity contribution is 7.91. The van der Waals surface area contributed by atoms with E-state index in [9.17, 15) is 12.8 Å². The lowest BCUT2D eigenvalue weighted by atomic mass is 10.1. The van der Waals surface area contributed by atoms with Crippen LogP contribution in [0.15, 0.2) is 48.9 Å². The Kier molecular flexibility index (Phi) is 7.60. The Labute approximate surface area is 214 Å². The number of pyridine rings is 1. The Morgan fingerprint density at radius 2 is 1.78 bits per heavy atom. The van der Waals surface area contributed by atoms with Gasteiger partial charge in [0.1, 0.15) is 23.3 Å². The van der Waals surface area contributed by atoms with Crippen LogP contribution in [0.5, 0.6) is 5.75 Å². The number of methoxy groups -OCH3 is 2. The van der Waals surface area contributed by atoms with Crippen molar-refractivity contribution in [2.45, 2.75) is 37.9 Å². The van der Waals surface area contributed by atoms with Crippen molar-refractivity contribution < 1.29 is 22.3 Å². The molecule has 12 heteroatoms. The summed E-state index contributed by atoms with van der Waals surface area (Å²) in [5, 5.41) is 7.52. The third-order valence-corrected chi connectivity index (χ3v) is 8.03. The average molecular weight is 527 g/mol. The van der Waals surface area contributed by atoms with E-state index in [-0.39, 0.29) is 11.6 Å². The Hall–Kier alpha value is -3.77. The Morgan fingerprint density at radius 3 is 2.43 bits per heavy atom. The first-order valence-corrected chi connectivity index (χ1v) is 13.1. The van der Waals surface area contributed by atoms with Gasteiger partial charge in [0, 0.05) is 13.3 Å². The molecule has 0 spiro atoms. The molecular formula is C25H27FN6O4S. The van der Waals surface area contributed by atoms with E-state index in [0.29, 0.717) is 23.0 Å². The lowest BCUT2D eigenvalue weighted by molar-refractivity contribution is 0.0946. The summed E-state index contributed by atoms with van der Waals surface area (Å²) in [4.78, 5) is 12.3. The van der Waals surface area contributed by atoms with Crippen molar-refractivity contribution in [3.63, 3.8) is 0 Å². The van der Waals surface area contributed by atoms with Crippen molar-refractivity contribution in [3.05, 3.63) is 77.5 Å². The number of aryl methyl sites for hydroxylation is 2. The van der Waals surface area contributed by atoms with E-state index in [1.807, 2.05) is 38.1 Å². The smallest absolute Gasteiger partial charge is 0.187 e. The van der Waals surface area contributed by atoms with Gasteiger partial charge < -0.3 is 9.47 Å². The minimum atomic E-state index is -3.91. The number of hydrogen-bond acceptors (Lipinski definition) is 9. The van der Waals surface area contributed by atoms with Crippen LogP contribution in [0.2, 0.25) is 0 Å². The standard InChI is InChI=1S/C25H27FN6O4S/c1-15-9-10-27-19(11-15)25-31-30-21(32(25)22-16(2)7-6-8-20(22)35-4)14-37(33,34)17(3)23(36-5)24-28-12-18(26)13-29-24/h6-13,17,23H,14H2,1-5H3/t17-,23-/m1/s1. The van der Waals surface area contributed by atoms with Gasteiger partial charge in [-0.15, -0.1) is 10.2 Å². The Morgan fingerprint density at radius 1 is 1.05 bits per heavy atom. The normalized spacial score (nSPS) is 13.4. The van der Waals surface area contributed by atoms with Gasteiger partial charge in [-0.2, -0.15) is 0 Å². The highest BCUT2D eigenvalue weighted by Gasteiger charge is 2.35. The Bertz CT molecular complexity index is 1510. The van der Waals surface area contributed by atoms with Crippen LogP contribution in [0.4, 0.5) is 4.39 Å². The molecule has 0 N–H and O–H groups in total. The SMILES string of the molecule is COc1cccc(C)c1-n1c(CS(=O)(=O)[C@H](C)[C@@H](OC)c2ncc(F)cn2)nnc1-c1cc(C)ccn1. The molecule has 2 atom stereocenters. The molecule has 0 aliphatic carbocycles. The van der Waals surface area contributed by atoms with Crippen LogP contribution < -0.4 is 4.74 Å². The fourth-order valence-electron chi connectivity index (χ4n) is 4.03. The van der Waals surface area contributed by atoms with Crippen molar-refractivity contribution in [3.8, 4) is 23.0 Å². The quantitative estimate of drug-likeness (QED) is 0.322. The fourth-order valence-corrected chi connectivity index (χ4v) is 5.45. The molecule has 0 bridgehead atoms. The summed E-state index contributed by atoms with van der Waals surface area (Å²) in [5.74, 6) is 0.0334. The molecule has 4 rings (SSSR count). The van der Waals surface area contributed by atoms with Gasteiger partial charge in [-0.3, -0.25) is 9.55 Å². The maximum absolute atomic E-state index is 13.6. The molecule has 1 aromatic carbocycles. The molecule has 10 nitrogen and oxygen atoms in total. The summed E-state index contributed by atoms with van der Waals surface area (Å²) < 4.78 is 53.3. The predicted molar refractivity (Wildman–Crippen MR) is 134 cm³/mol. The number of hydrogen-bond donors (Lipinski definition) is 0. The predicted octanol–water partition coefficient (Wildman–Crippen LogP) is 3.57. The van der Waals surface area contributed by atoms with E-state index >= 15 is 0 Å². The first-order valence-electron chi connectivity index (χ1n) is 11.4. The van der Waals surface area contributed by atoms with Gasteiger partial charge in [0.25, 0.3) is 0 Å². The van der Waals surface area contributed by atoms with E-state index < -0.39 is 32.8 Å². The van der Waals surface area contributed by atoms with Crippen molar-refractivity contribution in [1.29, 1.82) is 0 Å². The highest BCUT2D eigenvalue weighted by Crippen LogP contribution is 2.33. The molecular weight excluding hydrogens is 499 g/mol. The summed E-state index contributed by atoms with van der Waals surface area (Å²) in [6.07, 6.45) is 2.57. The van der Waals surface area contributed by atoms with Crippen LogP contribution in [0.1, 0.15) is 35.8 Å². The third-order valence-electron chi connectivity index (χ3n) is 5.99. The van der Waals surface area contributed by atoms with E-state index in [4.69, 9.17) is 9.47 Å². The molecule has 0 amide bonds. The molecule has 3 aromatic heterocycles. The topological polar surface area (TPSA) is 122 Å². The first-order chi connectivity index (χ1) is 17.7. The minimum Gasteiger partial charge on any atom is -0.495 e. The molecule has 4 aromatic rings. The molecule has 0 saturated carbocycles. The molecule has 0 fully saturated rings. The summed E-state index contributed by atoms with van der Waals surface area (Å²) in [6, 6.07) is 9.21. The number of nitrogens with zero attached hydrogens (tertiary/aromatic N) is 6. The van der Waals surface area contributed by atoms with Crippen molar-refractivity contribution in [1.82, 2.24) is 29.7 Å². The zero-order valence-corrected chi connectivity index (χ0v) is 21.9. The fraction of sp³-hybridized carbons (Fsp3) is 0.320. The highest BCUT2D eigenvalue weighted by atomic mass is 32.2. The van der Waals surface area contributed by atoms with Crippen LogP contribution >= 0.6 is 0 Å². The number of ether oxygens (including phenoxy) is 2. The van der Waals surface area contributed by atoms with Crippen LogP contribution in [-0.2, 0) is 20.3 Å². The van der Waals surface area contributed by atoms with Crippen LogP contribution in [-0.4, -0.2) is 57.6 Å². The third kappa shape index (κ3) is 5.35. The van der Waals surface area contributed by atoms with Gasteiger partial charge in [-0.25, -0.2) is 22.8 Å². The monoisotopic (exact) mass is 526 g/mol. The molecule has 0 saturated heterocycles. The maximum atomic E-state index is 13.6. The van der Waals surface area contributed by atoms with Gasteiger partial charge in [0.2, 0.25) is 0 Å². The van der Waals surface area contributed by atoms with Gasteiger partial charge in [-0.05, 0) is 50.1 Å². The van der Waals surface area contributed by atoms with Crippen LogP contribution in [0.3, 0.4) is 0 Å². The molecule has 0 radical (unpaired) electrons. The lowest BCUT2D eigenvalue weighted by Gasteiger charge is -2.22. The van der Waals surface area contributed by atoms with Crippen molar-refractivity contribution >= 4 is 9.84 Å². The number of halogens is 1. The summed E-state index contributed by atoms with van der Waals surface area (Å²) in [7, 11) is -1.01. The van der Waals surface area contributed by atoms with E-state index in [0.717, 1.165) is 23.5 Å². The summed E-state index contributed by atoms with van der Waals surface area (Å²) >= 11 is 0. The number of rotatable bonds is 9. The van der Waals surface area contributed by atoms with E-state index in [1.54, 1.807) is 16.8 Å². The molecule has 37 heavy (non-hydrogen) atoms. The largest absolute Gasteiger partial charge is 0.495 e. The van der Waals surface area contributed by atoms with Gasteiger partial charge in [-0.1, -0.05) is 12.1 Å². The molecule has 0 aliphatic rings. The van der Waals surface area contributed by atoms with E-state index in [1.165, 1.54) is 21.1 Å². The summed E-state index contributed by atoms with van der Waals surface area (Å²) in [6.45, 7) is 5.31. The average Bonchev–Trinajstić information content (AvgIpc) is 3.27. The van der Waals surface area contributed by atoms with Gasteiger partial charge in [0.05, 0.1) is 30.4 Å². The molecule has 194 valence electrons. The number of para-hydroxylation sites is 1.